The zero-order valence-corrected chi connectivity index (χ0v) is 11.1. The van der Waals surface area contributed by atoms with Crippen molar-refractivity contribution in [2.24, 2.45) is 5.92 Å². The summed E-state index contributed by atoms with van der Waals surface area (Å²) in [6.07, 6.45) is 0.907. The second-order valence-electron chi connectivity index (χ2n) is 5.38. The summed E-state index contributed by atoms with van der Waals surface area (Å²) in [6, 6.07) is 5.51. The van der Waals surface area contributed by atoms with Gasteiger partial charge in [0.2, 0.25) is 0 Å². The minimum Gasteiger partial charge on any atom is -0.310 e. The van der Waals surface area contributed by atoms with Gasteiger partial charge in [0.25, 0.3) is 0 Å². The van der Waals surface area contributed by atoms with Gasteiger partial charge in [-0.25, -0.2) is 0 Å². The van der Waals surface area contributed by atoms with Crippen LogP contribution in [-0.4, -0.2) is 6.54 Å². The van der Waals surface area contributed by atoms with Crippen LogP contribution in [0.25, 0.3) is 0 Å². The van der Waals surface area contributed by atoms with Crippen molar-refractivity contribution in [3.63, 3.8) is 0 Å². The minimum atomic E-state index is -4.25. The van der Waals surface area contributed by atoms with Gasteiger partial charge in [-0.2, -0.15) is 13.2 Å². The first-order valence-electron chi connectivity index (χ1n) is 6.87. The molecule has 1 nitrogen and oxygen atoms in total. The molecule has 1 atom stereocenters. The maximum Gasteiger partial charge on any atom is 0.416 e. The SMILES string of the molecule is CC(NCCCC1CC1)c1ccc(C(F)(F)F)cc1. The van der Waals surface area contributed by atoms with Crippen LogP contribution < -0.4 is 5.32 Å². The number of benzene rings is 1. The fourth-order valence-corrected chi connectivity index (χ4v) is 2.19. The third-order valence-corrected chi connectivity index (χ3v) is 3.67. The summed E-state index contributed by atoms with van der Waals surface area (Å²) >= 11 is 0. The van der Waals surface area contributed by atoms with E-state index in [1.54, 1.807) is 12.1 Å². The fraction of sp³-hybridized carbons (Fsp3) is 0.600. The number of rotatable bonds is 6. The van der Waals surface area contributed by atoms with Crippen molar-refractivity contribution in [3.8, 4) is 0 Å². The first kappa shape index (κ1) is 14.4. The number of hydrogen-bond donors (Lipinski definition) is 1. The summed E-state index contributed by atoms with van der Waals surface area (Å²) in [5.74, 6) is 0.933. The molecule has 0 radical (unpaired) electrons. The van der Waals surface area contributed by atoms with E-state index in [9.17, 15) is 13.2 Å². The molecule has 19 heavy (non-hydrogen) atoms. The van der Waals surface area contributed by atoms with E-state index in [0.29, 0.717) is 0 Å². The van der Waals surface area contributed by atoms with Crippen LogP contribution in [0.1, 0.15) is 49.8 Å². The monoisotopic (exact) mass is 271 g/mol. The average Bonchev–Trinajstić information content (AvgIpc) is 3.17. The molecule has 4 heteroatoms. The normalized spacial score (nSPS) is 17.5. The summed E-state index contributed by atoms with van der Waals surface area (Å²) in [4.78, 5) is 0. The van der Waals surface area contributed by atoms with Gasteiger partial charge >= 0.3 is 6.18 Å². The van der Waals surface area contributed by atoms with E-state index in [2.05, 4.69) is 5.32 Å². The minimum absolute atomic E-state index is 0.0986. The summed E-state index contributed by atoms with van der Waals surface area (Å²) in [5.41, 5.74) is 0.316. The lowest BCUT2D eigenvalue weighted by Crippen LogP contribution is -2.20. The van der Waals surface area contributed by atoms with E-state index in [1.807, 2.05) is 6.92 Å². The largest absolute Gasteiger partial charge is 0.416 e. The molecule has 1 aromatic rings. The summed E-state index contributed by atoms with van der Waals surface area (Å²) in [5, 5.41) is 3.36. The molecule has 0 spiro atoms. The summed E-state index contributed by atoms with van der Waals surface area (Å²) < 4.78 is 37.3. The lowest BCUT2D eigenvalue weighted by atomic mass is 10.1. The Morgan fingerprint density at radius 1 is 1.21 bits per heavy atom. The fourth-order valence-electron chi connectivity index (χ4n) is 2.19. The topological polar surface area (TPSA) is 12.0 Å². The third kappa shape index (κ3) is 4.53. The van der Waals surface area contributed by atoms with Crippen LogP contribution in [0.2, 0.25) is 0 Å². The van der Waals surface area contributed by atoms with Crippen molar-refractivity contribution >= 4 is 0 Å². The van der Waals surface area contributed by atoms with E-state index >= 15 is 0 Å². The highest BCUT2D eigenvalue weighted by atomic mass is 19.4. The quantitative estimate of drug-likeness (QED) is 0.749. The third-order valence-electron chi connectivity index (χ3n) is 3.67. The van der Waals surface area contributed by atoms with Gasteiger partial charge in [-0.3, -0.25) is 0 Å². The lowest BCUT2D eigenvalue weighted by Gasteiger charge is -2.15. The molecule has 0 heterocycles. The molecule has 1 saturated carbocycles. The molecule has 0 bridgehead atoms. The van der Waals surface area contributed by atoms with E-state index in [1.165, 1.54) is 19.3 Å². The molecule has 1 aromatic carbocycles. The van der Waals surface area contributed by atoms with E-state index in [0.717, 1.165) is 36.6 Å². The highest BCUT2D eigenvalue weighted by Crippen LogP contribution is 2.33. The van der Waals surface area contributed by atoms with Gasteiger partial charge in [-0.1, -0.05) is 25.0 Å². The maximum atomic E-state index is 12.4. The first-order valence-corrected chi connectivity index (χ1v) is 6.87. The number of alkyl halides is 3. The van der Waals surface area contributed by atoms with E-state index < -0.39 is 11.7 Å². The van der Waals surface area contributed by atoms with Crippen molar-refractivity contribution < 1.29 is 13.2 Å². The zero-order chi connectivity index (χ0) is 13.9. The number of nitrogens with one attached hydrogen (secondary N) is 1. The molecule has 0 aromatic heterocycles. The Bertz CT molecular complexity index is 393. The molecule has 106 valence electrons. The molecule has 0 saturated heterocycles. The highest BCUT2D eigenvalue weighted by molar-refractivity contribution is 5.26. The zero-order valence-electron chi connectivity index (χ0n) is 11.1. The first-order chi connectivity index (χ1) is 8.97. The highest BCUT2D eigenvalue weighted by Gasteiger charge is 2.30. The average molecular weight is 271 g/mol. The molecule has 1 aliphatic rings. The van der Waals surface area contributed by atoms with Gasteiger partial charge < -0.3 is 5.32 Å². The van der Waals surface area contributed by atoms with Crippen molar-refractivity contribution in [1.82, 2.24) is 5.32 Å². The van der Waals surface area contributed by atoms with E-state index in [4.69, 9.17) is 0 Å². The van der Waals surface area contributed by atoms with Crippen LogP contribution >= 0.6 is 0 Å². The summed E-state index contributed by atoms with van der Waals surface area (Å²) in [7, 11) is 0. The molecule has 1 aliphatic carbocycles. The molecule has 2 rings (SSSR count). The van der Waals surface area contributed by atoms with Gasteiger partial charge in [0.05, 0.1) is 5.56 Å². The Hall–Kier alpha value is -1.03. The van der Waals surface area contributed by atoms with Crippen LogP contribution in [-0.2, 0) is 6.18 Å². The predicted molar refractivity (Wildman–Crippen MR) is 69.8 cm³/mol. The van der Waals surface area contributed by atoms with Gasteiger partial charge in [0.15, 0.2) is 0 Å². The second kappa shape index (κ2) is 5.95. The van der Waals surface area contributed by atoms with Crippen LogP contribution in [0.3, 0.4) is 0 Å². The second-order valence-corrected chi connectivity index (χ2v) is 5.38. The standard InChI is InChI=1S/C15H20F3N/c1-11(19-10-2-3-12-4-5-12)13-6-8-14(9-7-13)15(16,17)18/h6-9,11-12,19H,2-5,10H2,1H3. The van der Waals surface area contributed by atoms with Gasteiger partial charge in [0, 0.05) is 6.04 Å². The number of hydrogen-bond acceptors (Lipinski definition) is 1. The summed E-state index contributed by atoms with van der Waals surface area (Å²) in [6.45, 7) is 2.92. The Morgan fingerprint density at radius 2 is 1.84 bits per heavy atom. The Labute approximate surface area is 112 Å². The molecule has 0 amide bonds. The van der Waals surface area contributed by atoms with Crippen LogP contribution in [0.4, 0.5) is 13.2 Å². The van der Waals surface area contributed by atoms with Crippen molar-refractivity contribution in [2.45, 2.75) is 44.8 Å². The van der Waals surface area contributed by atoms with Crippen molar-refractivity contribution in [2.75, 3.05) is 6.54 Å². The van der Waals surface area contributed by atoms with Crippen LogP contribution in [0.5, 0.6) is 0 Å². The Balaban J connectivity index is 1.79. The van der Waals surface area contributed by atoms with Gasteiger partial charge in [-0.05, 0) is 49.9 Å². The van der Waals surface area contributed by atoms with Crippen molar-refractivity contribution in [1.29, 1.82) is 0 Å². The van der Waals surface area contributed by atoms with Crippen LogP contribution in [0.15, 0.2) is 24.3 Å². The molecular formula is C15H20F3N. The van der Waals surface area contributed by atoms with Crippen LogP contribution in [0, 0.1) is 5.92 Å². The predicted octanol–water partition coefficient (Wildman–Crippen LogP) is 4.55. The molecule has 0 aliphatic heterocycles. The number of halogens is 3. The van der Waals surface area contributed by atoms with Gasteiger partial charge in [-0.15, -0.1) is 0 Å². The lowest BCUT2D eigenvalue weighted by molar-refractivity contribution is -0.137. The molecular weight excluding hydrogens is 251 g/mol. The smallest absolute Gasteiger partial charge is 0.310 e. The Morgan fingerprint density at radius 3 is 2.37 bits per heavy atom. The molecule has 1 unspecified atom stereocenters. The Kier molecular flexibility index (Phi) is 4.50. The molecule has 1 N–H and O–H groups in total. The molecule has 1 fully saturated rings. The maximum absolute atomic E-state index is 12.4. The van der Waals surface area contributed by atoms with Gasteiger partial charge in [0.1, 0.15) is 0 Å². The van der Waals surface area contributed by atoms with E-state index in [-0.39, 0.29) is 6.04 Å². The van der Waals surface area contributed by atoms with Crippen molar-refractivity contribution in [3.05, 3.63) is 35.4 Å².